The van der Waals surface area contributed by atoms with Gasteiger partial charge in [-0.1, -0.05) is 13.0 Å². The topological polar surface area (TPSA) is 153 Å². The number of carbonyl (C=O) groups excluding carboxylic acids is 2. The van der Waals surface area contributed by atoms with Crippen LogP contribution in [0.5, 0.6) is 0 Å². The number of hydrogen-bond donors (Lipinski definition) is 3. The minimum atomic E-state index is -3.20. The largest absolute Gasteiger partial charge is 0.462 e. The number of pyridine rings is 1. The molecule has 11 nitrogen and oxygen atoms in total. The average Bonchev–Trinajstić information content (AvgIpc) is 3.33. The molecule has 4 atom stereocenters. The van der Waals surface area contributed by atoms with Crippen molar-refractivity contribution in [3.8, 4) is 0 Å². The van der Waals surface area contributed by atoms with Gasteiger partial charge in [-0.3, -0.25) is 9.36 Å². The number of carbonyl (C=O) groups is 2. The van der Waals surface area contributed by atoms with Crippen LogP contribution >= 0.6 is 7.60 Å². The fourth-order valence-corrected chi connectivity index (χ4v) is 8.60. The van der Waals surface area contributed by atoms with E-state index < -0.39 is 31.1 Å². The Balaban J connectivity index is 1.43. The number of amides is 1. The summed E-state index contributed by atoms with van der Waals surface area (Å²) in [6.07, 6.45) is 3.73. The van der Waals surface area contributed by atoms with Gasteiger partial charge in [0.25, 0.3) is 0 Å². The Morgan fingerprint density at radius 1 is 1.24 bits per heavy atom. The highest BCUT2D eigenvalue weighted by atomic mass is 31.2. The third-order valence-electron chi connectivity index (χ3n) is 9.22. The van der Waals surface area contributed by atoms with Gasteiger partial charge in [-0.2, -0.15) is 0 Å². The molecule has 42 heavy (non-hydrogen) atoms. The summed E-state index contributed by atoms with van der Waals surface area (Å²) < 4.78 is 29.1. The van der Waals surface area contributed by atoms with Crippen LogP contribution in [-0.2, 0) is 40.9 Å². The van der Waals surface area contributed by atoms with E-state index in [1.165, 1.54) is 5.56 Å². The van der Waals surface area contributed by atoms with E-state index in [-0.39, 0.29) is 31.1 Å². The van der Waals surface area contributed by atoms with Crippen LogP contribution in [0.1, 0.15) is 73.6 Å². The van der Waals surface area contributed by atoms with Gasteiger partial charge in [0.2, 0.25) is 5.91 Å². The number of aliphatic hydroxyl groups is 1. The van der Waals surface area contributed by atoms with Crippen LogP contribution in [0.2, 0.25) is 0 Å². The zero-order valence-corrected chi connectivity index (χ0v) is 25.5. The van der Waals surface area contributed by atoms with E-state index in [0.29, 0.717) is 31.9 Å². The second-order valence-electron chi connectivity index (χ2n) is 11.5. The quantitative estimate of drug-likeness (QED) is 0.221. The molecule has 4 heterocycles. The lowest BCUT2D eigenvalue weighted by Gasteiger charge is -2.42. The van der Waals surface area contributed by atoms with Crippen LogP contribution in [-0.4, -0.2) is 65.0 Å². The number of fused-ring (bicyclic) bond motifs is 5. The van der Waals surface area contributed by atoms with Crippen molar-refractivity contribution in [1.29, 1.82) is 0 Å². The Labute approximate surface area is 245 Å². The molecule has 1 amide bonds. The molecular formula is C30H39N4O7P. The van der Waals surface area contributed by atoms with Gasteiger partial charge < -0.3 is 34.8 Å². The zero-order valence-electron chi connectivity index (χ0n) is 24.6. The maximum Gasteiger partial charge on any atom is 0.342 e. The number of benzene rings is 1. The normalized spacial score (nSPS) is 26.5. The molecule has 2 unspecified atom stereocenters. The van der Waals surface area contributed by atoms with Gasteiger partial charge in [0.1, 0.15) is 6.61 Å². The summed E-state index contributed by atoms with van der Waals surface area (Å²) in [7, 11) is -3.20. The molecule has 1 aromatic carbocycles. The van der Waals surface area contributed by atoms with Crippen molar-refractivity contribution in [3.63, 3.8) is 0 Å². The molecule has 6 rings (SSSR count). The van der Waals surface area contributed by atoms with Gasteiger partial charge >= 0.3 is 13.6 Å². The summed E-state index contributed by atoms with van der Waals surface area (Å²) in [5.74, 6) is -1.61. The summed E-state index contributed by atoms with van der Waals surface area (Å²) in [5.41, 5.74) is 11.9. The fraction of sp³-hybridized carbons (Fsp3) is 0.567. The van der Waals surface area contributed by atoms with Gasteiger partial charge in [0.05, 0.1) is 42.5 Å². The number of cyclic esters (lactones) is 1. The Bertz CT molecular complexity index is 1550. The molecule has 0 bridgehead atoms. The minimum absolute atomic E-state index is 0.0783. The first-order valence-corrected chi connectivity index (χ1v) is 16.6. The van der Waals surface area contributed by atoms with Crippen LogP contribution < -0.4 is 11.1 Å². The van der Waals surface area contributed by atoms with Crippen molar-refractivity contribution < 1.29 is 33.0 Å². The first kappa shape index (κ1) is 29.3. The molecule has 1 aliphatic carbocycles. The third-order valence-corrected chi connectivity index (χ3v) is 11.3. The predicted octanol–water partition coefficient (Wildman–Crippen LogP) is 3.80. The van der Waals surface area contributed by atoms with E-state index in [0.717, 1.165) is 51.8 Å². The van der Waals surface area contributed by atoms with Crippen molar-refractivity contribution in [1.82, 2.24) is 9.88 Å². The highest BCUT2D eigenvalue weighted by Gasteiger charge is 2.55. The molecule has 1 aromatic heterocycles. The number of aryl methyl sites for hydroxylation is 1. The van der Waals surface area contributed by atoms with E-state index in [4.69, 9.17) is 24.5 Å². The van der Waals surface area contributed by atoms with Crippen LogP contribution in [0.4, 0.5) is 5.69 Å². The predicted molar refractivity (Wildman–Crippen MR) is 157 cm³/mol. The lowest BCUT2D eigenvalue weighted by Crippen LogP contribution is -2.55. The van der Waals surface area contributed by atoms with Crippen molar-refractivity contribution in [3.05, 3.63) is 45.7 Å². The number of rotatable bonds is 9. The van der Waals surface area contributed by atoms with E-state index >= 15 is 0 Å². The molecule has 1 saturated heterocycles. The Hall–Kier alpha value is -2.82. The van der Waals surface area contributed by atoms with Crippen LogP contribution in [0.25, 0.3) is 10.9 Å². The summed E-state index contributed by atoms with van der Waals surface area (Å²) in [5, 5.41) is 15.7. The second-order valence-corrected chi connectivity index (χ2v) is 13.6. The number of ether oxygens (including phenoxy) is 1. The number of anilines is 1. The SMILES string of the molecule is CCOP(=O)(CCNc1cc2nc3c(c4c2c(c1C)CC[C@@H]4N)CN1C(=O)C2COC(=O)[C@](O)(CC)C2=CC31)OCC. The van der Waals surface area contributed by atoms with Gasteiger partial charge in [-0.25, -0.2) is 9.78 Å². The molecule has 226 valence electrons. The Kier molecular flexibility index (Phi) is 7.47. The molecule has 0 spiro atoms. The Morgan fingerprint density at radius 2 is 1.98 bits per heavy atom. The number of nitrogens with one attached hydrogen (secondary N) is 1. The molecule has 0 saturated carbocycles. The monoisotopic (exact) mass is 598 g/mol. The molecule has 4 N–H and O–H groups in total. The first-order chi connectivity index (χ1) is 20.1. The second kappa shape index (κ2) is 10.7. The van der Waals surface area contributed by atoms with Crippen molar-refractivity contribution in [2.45, 2.75) is 71.2 Å². The van der Waals surface area contributed by atoms with Crippen molar-refractivity contribution >= 4 is 36.1 Å². The van der Waals surface area contributed by atoms with Gasteiger partial charge in [0.15, 0.2) is 5.60 Å². The van der Waals surface area contributed by atoms with Crippen LogP contribution in [0, 0.1) is 12.8 Å². The first-order valence-electron chi connectivity index (χ1n) is 14.9. The molecule has 0 radical (unpaired) electrons. The number of aromatic nitrogens is 1. The number of hydrogen-bond acceptors (Lipinski definition) is 10. The summed E-state index contributed by atoms with van der Waals surface area (Å²) in [6, 6.07) is 1.27. The fourth-order valence-electron chi connectivity index (χ4n) is 7.10. The highest BCUT2D eigenvalue weighted by Crippen LogP contribution is 2.51. The van der Waals surface area contributed by atoms with Gasteiger partial charge in [-0.05, 0) is 68.4 Å². The zero-order chi connectivity index (χ0) is 30.0. The molecule has 2 aromatic rings. The molecule has 1 fully saturated rings. The van der Waals surface area contributed by atoms with E-state index in [2.05, 4.69) is 12.2 Å². The van der Waals surface area contributed by atoms with E-state index in [9.17, 15) is 19.3 Å². The maximum absolute atomic E-state index is 13.7. The molecule has 4 aliphatic rings. The van der Waals surface area contributed by atoms with E-state index in [1.54, 1.807) is 25.7 Å². The number of esters is 1. The number of nitrogens with two attached hydrogens (primary N) is 1. The van der Waals surface area contributed by atoms with Crippen molar-refractivity contribution in [2.75, 3.05) is 37.8 Å². The third kappa shape index (κ3) is 4.40. The summed E-state index contributed by atoms with van der Waals surface area (Å²) >= 11 is 0. The highest BCUT2D eigenvalue weighted by molar-refractivity contribution is 7.53. The molecular weight excluding hydrogens is 559 g/mol. The van der Waals surface area contributed by atoms with Crippen LogP contribution in [0.3, 0.4) is 0 Å². The summed E-state index contributed by atoms with van der Waals surface area (Å²) in [6.45, 7) is 8.67. The maximum atomic E-state index is 13.7. The lowest BCUT2D eigenvalue weighted by atomic mass is 9.76. The summed E-state index contributed by atoms with van der Waals surface area (Å²) in [4.78, 5) is 33.2. The lowest BCUT2D eigenvalue weighted by molar-refractivity contribution is -0.173. The standard InChI is InChI=1S/C30H39N4O7P/c1-5-30(37)20-12-24-27-18(14-34(24)28(35)19(20)15-39-29(30)36)25-21(31)9-8-17-16(4)22(13-23(33-27)26(17)25)32-10-11-42(38,40-6-2)41-7-3/h12-13,19,21,24,32,37H,5-11,14-15,31H2,1-4H3/t19?,21-,24?,30-/m0/s1. The smallest absolute Gasteiger partial charge is 0.342 e. The molecule has 3 aliphatic heterocycles. The van der Waals surface area contributed by atoms with E-state index in [1.807, 2.05) is 12.1 Å². The Morgan fingerprint density at radius 3 is 2.67 bits per heavy atom. The average molecular weight is 599 g/mol. The van der Waals surface area contributed by atoms with Crippen LogP contribution in [0.15, 0.2) is 17.7 Å². The van der Waals surface area contributed by atoms with Gasteiger partial charge in [-0.15, -0.1) is 0 Å². The van der Waals surface area contributed by atoms with Crippen molar-refractivity contribution in [2.24, 2.45) is 11.7 Å². The minimum Gasteiger partial charge on any atom is -0.462 e. The molecule has 12 heteroatoms. The van der Waals surface area contributed by atoms with Gasteiger partial charge in [0, 0.05) is 35.8 Å². The number of nitrogens with zero attached hydrogens (tertiary/aromatic N) is 2.